The summed E-state index contributed by atoms with van der Waals surface area (Å²) < 4.78 is 5.52. The molecule has 0 fully saturated rings. The highest BCUT2D eigenvalue weighted by Crippen LogP contribution is 2.30. The van der Waals surface area contributed by atoms with Crippen molar-refractivity contribution in [3.05, 3.63) is 41.9 Å². The number of hydrogen-bond acceptors (Lipinski definition) is 5. The van der Waals surface area contributed by atoms with E-state index >= 15 is 0 Å². The van der Waals surface area contributed by atoms with Crippen molar-refractivity contribution < 1.29 is 9.21 Å². The van der Waals surface area contributed by atoms with Crippen LogP contribution in [-0.4, -0.2) is 21.2 Å². The predicted molar refractivity (Wildman–Crippen MR) is 69.9 cm³/mol. The van der Waals surface area contributed by atoms with Crippen LogP contribution in [0.4, 0.5) is 0 Å². The maximum atomic E-state index is 10.8. The number of aldehydes is 1. The minimum Gasteiger partial charge on any atom is -0.452 e. The van der Waals surface area contributed by atoms with Crippen LogP contribution in [0.5, 0.6) is 0 Å². The Morgan fingerprint density at radius 2 is 2.00 bits per heavy atom. The summed E-state index contributed by atoms with van der Waals surface area (Å²) in [5.41, 5.74) is 3.14. The van der Waals surface area contributed by atoms with E-state index < -0.39 is 0 Å². The van der Waals surface area contributed by atoms with Gasteiger partial charge in [-0.05, 0) is 19.9 Å². The Hall–Kier alpha value is -2.56. The van der Waals surface area contributed by atoms with Crippen LogP contribution in [0.15, 0.2) is 29.1 Å². The maximum absolute atomic E-state index is 10.8. The van der Waals surface area contributed by atoms with Gasteiger partial charge in [0, 0.05) is 40.8 Å². The first kappa shape index (κ1) is 11.5. The van der Waals surface area contributed by atoms with E-state index in [1.807, 2.05) is 13.8 Å². The van der Waals surface area contributed by atoms with Crippen LogP contribution in [0, 0.1) is 13.8 Å². The molecule has 3 rings (SSSR count). The quantitative estimate of drug-likeness (QED) is 0.657. The SMILES string of the molecule is Cc1ncc(-c2cncc3cc(C=O)oc23)c(C)n1. The molecule has 19 heavy (non-hydrogen) atoms. The minimum atomic E-state index is 0.287. The molecule has 0 N–H and O–H groups in total. The molecule has 0 unspecified atom stereocenters. The molecular formula is C14H11N3O2. The number of aryl methyl sites for hydroxylation is 2. The summed E-state index contributed by atoms with van der Waals surface area (Å²) in [7, 11) is 0. The Labute approximate surface area is 109 Å². The third-order valence-corrected chi connectivity index (χ3v) is 2.95. The number of furan rings is 1. The highest BCUT2D eigenvalue weighted by molar-refractivity contribution is 5.94. The lowest BCUT2D eigenvalue weighted by molar-refractivity contribution is 0.110. The van der Waals surface area contributed by atoms with Crippen molar-refractivity contribution in [3.8, 4) is 11.1 Å². The van der Waals surface area contributed by atoms with Gasteiger partial charge in [-0.15, -0.1) is 0 Å². The van der Waals surface area contributed by atoms with Gasteiger partial charge in [-0.3, -0.25) is 9.78 Å². The van der Waals surface area contributed by atoms with Crippen LogP contribution in [0.3, 0.4) is 0 Å². The molecule has 0 atom stereocenters. The normalized spacial score (nSPS) is 10.8. The van der Waals surface area contributed by atoms with Gasteiger partial charge in [0.2, 0.25) is 0 Å². The van der Waals surface area contributed by atoms with Crippen LogP contribution in [0.2, 0.25) is 0 Å². The van der Waals surface area contributed by atoms with E-state index in [4.69, 9.17) is 4.42 Å². The van der Waals surface area contributed by atoms with E-state index in [1.165, 1.54) is 0 Å². The first-order valence-corrected chi connectivity index (χ1v) is 5.82. The number of carbonyl (C=O) groups excluding carboxylic acids is 1. The van der Waals surface area contributed by atoms with Crippen molar-refractivity contribution in [1.29, 1.82) is 0 Å². The standard InChI is InChI=1S/C14H11N3O2/c1-8-12(6-16-9(2)17-8)13-5-15-4-10-3-11(7-18)19-14(10)13/h3-7H,1-2H3. The van der Waals surface area contributed by atoms with Gasteiger partial charge in [-0.1, -0.05) is 0 Å². The largest absolute Gasteiger partial charge is 0.452 e. The van der Waals surface area contributed by atoms with Gasteiger partial charge in [-0.2, -0.15) is 0 Å². The zero-order valence-electron chi connectivity index (χ0n) is 10.5. The molecule has 3 heterocycles. The predicted octanol–water partition coefficient (Wildman–Crippen LogP) is 2.71. The van der Waals surface area contributed by atoms with Crippen molar-refractivity contribution in [3.63, 3.8) is 0 Å². The molecule has 94 valence electrons. The summed E-state index contributed by atoms with van der Waals surface area (Å²) >= 11 is 0. The van der Waals surface area contributed by atoms with Gasteiger partial charge < -0.3 is 4.42 Å². The molecule has 0 aliphatic rings. The fourth-order valence-corrected chi connectivity index (χ4v) is 2.08. The van der Waals surface area contributed by atoms with Gasteiger partial charge >= 0.3 is 0 Å². The highest BCUT2D eigenvalue weighted by Gasteiger charge is 2.13. The second kappa shape index (κ2) is 4.28. The summed E-state index contributed by atoms with van der Waals surface area (Å²) in [5, 5.41) is 0.791. The average molecular weight is 253 g/mol. The van der Waals surface area contributed by atoms with E-state index in [0.717, 1.165) is 28.0 Å². The Morgan fingerprint density at radius 1 is 1.16 bits per heavy atom. The maximum Gasteiger partial charge on any atom is 0.185 e. The summed E-state index contributed by atoms with van der Waals surface area (Å²) in [6, 6.07) is 1.67. The van der Waals surface area contributed by atoms with Gasteiger partial charge in [-0.25, -0.2) is 9.97 Å². The molecule has 5 nitrogen and oxygen atoms in total. The zero-order chi connectivity index (χ0) is 13.4. The molecule has 0 saturated carbocycles. The summed E-state index contributed by atoms with van der Waals surface area (Å²) in [4.78, 5) is 23.5. The van der Waals surface area contributed by atoms with Crippen molar-refractivity contribution >= 4 is 17.3 Å². The van der Waals surface area contributed by atoms with Crippen LogP contribution >= 0.6 is 0 Å². The summed E-state index contributed by atoms with van der Waals surface area (Å²) in [6.45, 7) is 3.75. The van der Waals surface area contributed by atoms with Gasteiger partial charge in [0.25, 0.3) is 0 Å². The molecule has 0 amide bonds. The smallest absolute Gasteiger partial charge is 0.185 e. The van der Waals surface area contributed by atoms with E-state index in [1.54, 1.807) is 24.7 Å². The molecule has 0 radical (unpaired) electrons. The lowest BCUT2D eigenvalue weighted by Gasteiger charge is -2.05. The molecule has 0 spiro atoms. The fraction of sp³-hybridized carbons (Fsp3) is 0.143. The van der Waals surface area contributed by atoms with E-state index in [9.17, 15) is 4.79 Å². The Morgan fingerprint density at radius 3 is 2.74 bits per heavy atom. The molecule has 0 saturated heterocycles. The molecule has 3 aromatic rings. The number of nitrogens with zero attached hydrogens (tertiary/aromatic N) is 3. The number of aromatic nitrogens is 3. The summed E-state index contributed by atoms with van der Waals surface area (Å²) in [6.07, 6.45) is 5.79. The summed E-state index contributed by atoms with van der Waals surface area (Å²) in [5.74, 6) is 1.00. The number of rotatable bonds is 2. The van der Waals surface area contributed by atoms with E-state index in [-0.39, 0.29) is 5.76 Å². The third kappa shape index (κ3) is 1.89. The lowest BCUT2D eigenvalue weighted by atomic mass is 10.1. The molecule has 0 aliphatic heterocycles. The van der Waals surface area contributed by atoms with Gasteiger partial charge in [0.1, 0.15) is 11.4 Å². The van der Waals surface area contributed by atoms with Crippen LogP contribution in [0.25, 0.3) is 22.1 Å². The van der Waals surface area contributed by atoms with Crippen molar-refractivity contribution in [2.75, 3.05) is 0 Å². The van der Waals surface area contributed by atoms with E-state index in [2.05, 4.69) is 15.0 Å². The van der Waals surface area contributed by atoms with Gasteiger partial charge in [0.15, 0.2) is 12.0 Å². The molecule has 5 heteroatoms. The van der Waals surface area contributed by atoms with Crippen molar-refractivity contribution in [1.82, 2.24) is 15.0 Å². The lowest BCUT2D eigenvalue weighted by Crippen LogP contribution is -1.94. The van der Waals surface area contributed by atoms with Crippen molar-refractivity contribution in [2.24, 2.45) is 0 Å². The highest BCUT2D eigenvalue weighted by atomic mass is 16.3. The molecule has 3 aromatic heterocycles. The Kier molecular flexibility index (Phi) is 2.59. The fourth-order valence-electron chi connectivity index (χ4n) is 2.08. The first-order valence-electron chi connectivity index (χ1n) is 5.82. The number of fused-ring (bicyclic) bond motifs is 1. The average Bonchev–Trinajstić information content (AvgIpc) is 2.82. The Balaban J connectivity index is 2.29. The zero-order valence-corrected chi connectivity index (χ0v) is 10.5. The second-order valence-electron chi connectivity index (χ2n) is 4.29. The number of carbonyl (C=O) groups is 1. The molecule has 0 aliphatic carbocycles. The van der Waals surface area contributed by atoms with Crippen molar-refractivity contribution in [2.45, 2.75) is 13.8 Å². The monoisotopic (exact) mass is 253 g/mol. The second-order valence-corrected chi connectivity index (χ2v) is 4.29. The first-order chi connectivity index (χ1) is 9.19. The Bertz CT molecular complexity index is 777. The molecule has 0 aromatic carbocycles. The minimum absolute atomic E-state index is 0.287. The molecular weight excluding hydrogens is 242 g/mol. The van der Waals surface area contributed by atoms with Crippen LogP contribution in [-0.2, 0) is 0 Å². The molecule has 0 bridgehead atoms. The van der Waals surface area contributed by atoms with Gasteiger partial charge in [0.05, 0.1) is 0 Å². The van der Waals surface area contributed by atoms with E-state index in [0.29, 0.717) is 11.9 Å². The third-order valence-electron chi connectivity index (χ3n) is 2.95. The van der Waals surface area contributed by atoms with Crippen LogP contribution < -0.4 is 0 Å². The number of hydrogen-bond donors (Lipinski definition) is 0. The van der Waals surface area contributed by atoms with Crippen LogP contribution in [0.1, 0.15) is 22.1 Å². The number of pyridine rings is 1. The topological polar surface area (TPSA) is 68.9 Å².